The number of nitrogens with one attached hydrogen (secondary N) is 1. The number of carbonyl (C=O) groups is 2. The second-order valence-electron chi connectivity index (χ2n) is 4.76. The van der Waals surface area contributed by atoms with E-state index in [1.807, 2.05) is 13.8 Å². The van der Waals surface area contributed by atoms with Gasteiger partial charge in [-0.15, -0.1) is 0 Å². The second-order valence-corrected chi connectivity index (χ2v) is 5.17. The molecular formula is C15H18ClN3O3. The maximum Gasteiger partial charge on any atom is 0.374 e. The van der Waals surface area contributed by atoms with E-state index in [2.05, 4.69) is 10.3 Å². The summed E-state index contributed by atoms with van der Waals surface area (Å²) in [5, 5.41) is 3.02. The highest BCUT2D eigenvalue weighted by atomic mass is 35.5. The lowest BCUT2D eigenvalue weighted by Crippen LogP contribution is -2.22. The van der Waals surface area contributed by atoms with E-state index in [9.17, 15) is 9.59 Å². The number of hydrogen-bond donors (Lipinski definition) is 1. The maximum atomic E-state index is 12.0. The van der Waals surface area contributed by atoms with Gasteiger partial charge in [0.2, 0.25) is 5.82 Å². The summed E-state index contributed by atoms with van der Waals surface area (Å²) >= 11 is 6.21. The number of rotatable bonds is 5. The van der Waals surface area contributed by atoms with Crippen molar-refractivity contribution in [1.82, 2.24) is 14.9 Å². The van der Waals surface area contributed by atoms with Crippen molar-refractivity contribution in [3.8, 4) is 0 Å². The Balaban J connectivity index is 2.63. The minimum absolute atomic E-state index is 0.212. The highest BCUT2D eigenvalue weighted by Crippen LogP contribution is 2.25. The van der Waals surface area contributed by atoms with Gasteiger partial charge < -0.3 is 14.6 Å². The topological polar surface area (TPSA) is 73.2 Å². The molecular weight excluding hydrogens is 306 g/mol. The normalized spacial score (nSPS) is 10.7. The third-order valence-corrected chi connectivity index (χ3v) is 3.55. The summed E-state index contributed by atoms with van der Waals surface area (Å²) in [6.45, 7) is 4.94. The Kier molecular flexibility index (Phi) is 5.03. The first kappa shape index (κ1) is 16.3. The highest BCUT2D eigenvalue weighted by molar-refractivity contribution is 6.34. The fourth-order valence-electron chi connectivity index (χ4n) is 2.27. The molecule has 0 aliphatic carbocycles. The number of amides is 1. The maximum absolute atomic E-state index is 12.0. The van der Waals surface area contributed by atoms with Crippen LogP contribution in [0, 0.1) is 0 Å². The number of nitrogens with zero attached hydrogens (tertiary/aromatic N) is 2. The van der Waals surface area contributed by atoms with Crippen LogP contribution in [0.15, 0.2) is 12.1 Å². The van der Waals surface area contributed by atoms with Crippen LogP contribution in [0.5, 0.6) is 0 Å². The molecule has 0 aliphatic rings. The summed E-state index contributed by atoms with van der Waals surface area (Å²) in [4.78, 5) is 28.2. The van der Waals surface area contributed by atoms with Gasteiger partial charge in [0.25, 0.3) is 5.91 Å². The number of aromatic nitrogens is 2. The summed E-state index contributed by atoms with van der Waals surface area (Å²) in [5.41, 5.74) is 1.59. The Hall–Kier alpha value is -2.08. The van der Waals surface area contributed by atoms with Gasteiger partial charge in [-0.3, -0.25) is 4.79 Å². The van der Waals surface area contributed by atoms with Gasteiger partial charge in [-0.25, -0.2) is 9.78 Å². The Labute approximate surface area is 133 Å². The lowest BCUT2D eigenvalue weighted by Gasteiger charge is -2.08. The molecule has 118 valence electrons. The van der Waals surface area contributed by atoms with Crippen molar-refractivity contribution < 1.29 is 14.3 Å². The number of halogens is 1. The molecule has 0 radical (unpaired) electrons. The third kappa shape index (κ3) is 2.92. The SMILES string of the molecule is CCCn1c(C(=O)OC)nc2cc(C(=O)NCC)c(Cl)cc21. The first-order chi connectivity index (χ1) is 10.5. The predicted octanol–water partition coefficient (Wildman–Crippen LogP) is 2.64. The van der Waals surface area contributed by atoms with Crippen molar-refractivity contribution in [1.29, 1.82) is 0 Å². The number of ether oxygens (including phenoxy) is 1. The molecule has 0 aliphatic heterocycles. The highest BCUT2D eigenvalue weighted by Gasteiger charge is 2.20. The van der Waals surface area contributed by atoms with E-state index in [0.29, 0.717) is 34.7 Å². The van der Waals surface area contributed by atoms with Crippen molar-refractivity contribution >= 4 is 34.5 Å². The number of esters is 1. The van der Waals surface area contributed by atoms with Crippen LogP contribution in [0.2, 0.25) is 5.02 Å². The Morgan fingerprint density at radius 2 is 2.09 bits per heavy atom. The van der Waals surface area contributed by atoms with Crippen molar-refractivity contribution in [2.45, 2.75) is 26.8 Å². The molecule has 0 saturated carbocycles. The smallest absolute Gasteiger partial charge is 0.374 e. The van der Waals surface area contributed by atoms with Crippen molar-refractivity contribution in [2.24, 2.45) is 0 Å². The first-order valence-electron chi connectivity index (χ1n) is 7.09. The summed E-state index contributed by atoms with van der Waals surface area (Å²) in [6, 6.07) is 3.26. The molecule has 2 rings (SSSR count). The predicted molar refractivity (Wildman–Crippen MR) is 84.4 cm³/mol. The van der Waals surface area contributed by atoms with Gasteiger partial charge in [0.1, 0.15) is 0 Å². The van der Waals surface area contributed by atoms with Crippen LogP contribution in [0.4, 0.5) is 0 Å². The fourth-order valence-corrected chi connectivity index (χ4v) is 2.52. The quantitative estimate of drug-likeness (QED) is 0.858. The molecule has 1 amide bonds. The molecule has 2 aromatic rings. The van der Waals surface area contributed by atoms with Crippen LogP contribution >= 0.6 is 11.6 Å². The van der Waals surface area contributed by atoms with E-state index in [0.717, 1.165) is 6.42 Å². The number of benzene rings is 1. The average molecular weight is 324 g/mol. The summed E-state index contributed by atoms with van der Waals surface area (Å²) in [6.07, 6.45) is 0.825. The number of hydrogen-bond acceptors (Lipinski definition) is 4. The zero-order valence-corrected chi connectivity index (χ0v) is 13.5. The third-order valence-electron chi connectivity index (χ3n) is 3.23. The monoisotopic (exact) mass is 323 g/mol. The van der Waals surface area contributed by atoms with Gasteiger partial charge in [0.05, 0.1) is 28.7 Å². The fraction of sp³-hybridized carbons (Fsp3) is 0.400. The van der Waals surface area contributed by atoms with Crippen LogP contribution in [-0.4, -0.2) is 35.1 Å². The zero-order valence-electron chi connectivity index (χ0n) is 12.8. The molecule has 6 nitrogen and oxygen atoms in total. The Bertz CT molecular complexity index is 724. The molecule has 22 heavy (non-hydrogen) atoms. The number of carbonyl (C=O) groups excluding carboxylic acids is 2. The van der Waals surface area contributed by atoms with E-state index >= 15 is 0 Å². The lowest BCUT2D eigenvalue weighted by atomic mass is 10.2. The molecule has 7 heteroatoms. The van der Waals surface area contributed by atoms with E-state index in [-0.39, 0.29) is 11.7 Å². The van der Waals surface area contributed by atoms with E-state index < -0.39 is 5.97 Å². The summed E-state index contributed by atoms with van der Waals surface area (Å²) in [7, 11) is 1.31. The minimum Gasteiger partial charge on any atom is -0.463 e. The Morgan fingerprint density at radius 3 is 2.68 bits per heavy atom. The van der Waals surface area contributed by atoms with Crippen LogP contribution in [-0.2, 0) is 11.3 Å². The molecule has 1 heterocycles. The van der Waals surface area contributed by atoms with Crippen LogP contribution in [0.3, 0.4) is 0 Å². The number of aryl methyl sites for hydroxylation is 1. The van der Waals surface area contributed by atoms with Crippen molar-refractivity contribution in [2.75, 3.05) is 13.7 Å². The Morgan fingerprint density at radius 1 is 1.36 bits per heavy atom. The molecule has 0 atom stereocenters. The number of fused-ring (bicyclic) bond motifs is 1. The molecule has 1 aromatic carbocycles. The second kappa shape index (κ2) is 6.79. The summed E-state index contributed by atoms with van der Waals surface area (Å²) < 4.78 is 6.52. The van der Waals surface area contributed by atoms with Crippen molar-refractivity contribution in [3.05, 3.63) is 28.5 Å². The molecule has 0 unspecified atom stereocenters. The first-order valence-corrected chi connectivity index (χ1v) is 7.47. The van der Waals surface area contributed by atoms with Crippen molar-refractivity contribution in [3.63, 3.8) is 0 Å². The molecule has 1 aromatic heterocycles. The minimum atomic E-state index is -0.514. The largest absolute Gasteiger partial charge is 0.463 e. The number of imidazole rings is 1. The van der Waals surface area contributed by atoms with E-state index in [4.69, 9.17) is 16.3 Å². The van der Waals surface area contributed by atoms with E-state index in [1.54, 1.807) is 16.7 Å². The van der Waals surface area contributed by atoms with Gasteiger partial charge in [-0.2, -0.15) is 0 Å². The van der Waals surface area contributed by atoms with Gasteiger partial charge in [0.15, 0.2) is 0 Å². The molecule has 0 fully saturated rings. The zero-order chi connectivity index (χ0) is 16.3. The van der Waals surface area contributed by atoms with E-state index in [1.165, 1.54) is 7.11 Å². The van der Waals surface area contributed by atoms with Crippen LogP contribution in [0.25, 0.3) is 11.0 Å². The van der Waals surface area contributed by atoms with Crippen LogP contribution in [0.1, 0.15) is 41.2 Å². The standard InChI is InChI=1S/C15H18ClN3O3/c1-4-6-19-12-8-10(16)9(14(20)17-5-2)7-11(12)18-13(19)15(21)22-3/h7-8H,4-6H2,1-3H3,(H,17,20). The van der Waals surface area contributed by atoms with Crippen LogP contribution < -0.4 is 5.32 Å². The molecule has 0 bridgehead atoms. The van der Waals surface area contributed by atoms with Gasteiger partial charge >= 0.3 is 5.97 Å². The van der Waals surface area contributed by atoms with Gasteiger partial charge in [-0.05, 0) is 25.5 Å². The van der Waals surface area contributed by atoms with Gasteiger partial charge in [-0.1, -0.05) is 18.5 Å². The molecule has 0 saturated heterocycles. The molecule has 0 spiro atoms. The average Bonchev–Trinajstić information content (AvgIpc) is 2.84. The number of methoxy groups -OCH3 is 1. The van der Waals surface area contributed by atoms with Gasteiger partial charge in [0, 0.05) is 13.1 Å². The molecule has 1 N–H and O–H groups in total. The lowest BCUT2D eigenvalue weighted by molar-refractivity contribution is 0.0581. The summed E-state index contributed by atoms with van der Waals surface area (Å²) in [5.74, 6) is -0.567.